The molecule has 1 aliphatic heterocycles. The number of fused-ring (bicyclic) bond motifs is 1. The van der Waals surface area contributed by atoms with Gasteiger partial charge >= 0.3 is 0 Å². The van der Waals surface area contributed by atoms with Gasteiger partial charge in [0.25, 0.3) is 5.91 Å². The summed E-state index contributed by atoms with van der Waals surface area (Å²) in [6.07, 6.45) is 2.68. The Morgan fingerprint density at radius 3 is 3.04 bits per heavy atom. The lowest BCUT2D eigenvalue weighted by molar-refractivity contribution is 0.0731. The third-order valence-electron chi connectivity index (χ3n) is 4.92. The van der Waals surface area contributed by atoms with E-state index in [0.29, 0.717) is 32.0 Å². The summed E-state index contributed by atoms with van der Waals surface area (Å²) >= 11 is 0. The van der Waals surface area contributed by atoms with Gasteiger partial charge in [0.15, 0.2) is 0 Å². The van der Waals surface area contributed by atoms with Crippen molar-refractivity contribution >= 4 is 16.8 Å². The van der Waals surface area contributed by atoms with Crippen LogP contribution in [0, 0.1) is 12.8 Å². The third-order valence-corrected chi connectivity index (χ3v) is 4.92. The topological polar surface area (TPSA) is 55.3 Å². The Morgan fingerprint density at radius 2 is 2.15 bits per heavy atom. The van der Waals surface area contributed by atoms with Crippen LogP contribution < -0.4 is 0 Å². The second kappa shape index (κ2) is 7.84. The average Bonchev–Trinajstić information content (AvgIpc) is 2.93. The lowest BCUT2D eigenvalue weighted by Crippen LogP contribution is -2.37. The largest absolute Gasteiger partial charge is 0.379 e. The highest BCUT2D eigenvalue weighted by Gasteiger charge is 2.24. The van der Waals surface area contributed by atoms with Gasteiger partial charge in [0.05, 0.1) is 18.7 Å². The molecule has 0 radical (unpaired) electrons. The summed E-state index contributed by atoms with van der Waals surface area (Å²) in [5.41, 5.74) is 3.61. The average molecular weight is 361 g/mol. The van der Waals surface area contributed by atoms with Gasteiger partial charge in [-0.3, -0.25) is 9.78 Å². The summed E-state index contributed by atoms with van der Waals surface area (Å²) in [5.74, 6) is 0.243. The minimum atomic E-state index is -0.0167. The number of hydrogen-bond donors (Lipinski definition) is 0. The highest BCUT2D eigenvalue weighted by atomic mass is 16.5. The number of carbonyl (C=O) groups excluding carboxylic acids is 1. The number of ether oxygens (including phenoxy) is 1. The number of carbonyl (C=O) groups is 1. The number of nitrogens with zero attached hydrogens (tertiary/aromatic N) is 3. The van der Waals surface area contributed by atoms with Gasteiger partial charge in [-0.05, 0) is 49.2 Å². The summed E-state index contributed by atoms with van der Waals surface area (Å²) in [5, 5.41) is 1.14. The molecular formula is C22H23N3O2. The normalized spacial score (nSPS) is 17.7. The molecule has 0 unspecified atom stereocenters. The van der Waals surface area contributed by atoms with E-state index in [-0.39, 0.29) is 11.8 Å². The Hall–Kier alpha value is -2.79. The maximum absolute atomic E-state index is 12.9. The third kappa shape index (κ3) is 4.14. The molecule has 4 rings (SSSR count). The van der Waals surface area contributed by atoms with Crippen LogP contribution in [-0.4, -0.2) is 47.1 Å². The highest BCUT2D eigenvalue weighted by Crippen LogP contribution is 2.19. The predicted octanol–water partition coefficient (Wildman–Crippen LogP) is 3.27. The molecule has 27 heavy (non-hydrogen) atoms. The highest BCUT2D eigenvalue weighted by molar-refractivity contribution is 5.92. The minimum Gasteiger partial charge on any atom is -0.379 e. The maximum atomic E-state index is 12.9. The first-order valence-electron chi connectivity index (χ1n) is 9.33. The van der Waals surface area contributed by atoms with E-state index in [2.05, 4.69) is 34.2 Å². The van der Waals surface area contributed by atoms with Crippen molar-refractivity contribution < 1.29 is 9.53 Å². The number of benzene rings is 1. The van der Waals surface area contributed by atoms with Crippen molar-refractivity contribution in [3.05, 3.63) is 71.7 Å². The zero-order valence-corrected chi connectivity index (χ0v) is 15.5. The zero-order chi connectivity index (χ0) is 18.6. The number of aromatic nitrogens is 2. The predicted molar refractivity (Wildman–Crippen MR) is 105 cm³/mol. The van der Waals surface area contributed by atoms with Crippen LogP contribution in [0.2, 0.25) is 0 Å². The molecule has 5 heteroatoms. The molecular weight excluding hydrogens is 338 g/mol. The Morgan fingerprint density at radius 1 is 1.22 bits per heavy atom. The smallest absolute Gasteiger partial charge is 0.272 e. The van der Waals surface area contributed by atoms with Crippen LogP contribution in [0.5, 0.6) is 0 Å². The van der Waals surface area contributed by atoms with Gasteiger partial charge in [0.1, 0.15) is 5.69 Å². The first kappa shape index (κ1) is 17.6. The molecule has 2 aromatic heterocycles. The number of amides is 1. The monoisotopic (exact) mass is 361 g/mol. The van der Waals surface area contributed by atoms with E-state index in [4.69, 9.17) is 4.74 Å². The van der Waals surface area contributed by atoms with Crippen LogP contribution in [0.25, 0.3) is 10.9 Å². The molecule has 1 fully saturated rings. The van der Waals surface area contributed by atoms with E-state index in [9.17, 15) is 4.79 Å². The van der Waals surface area contributed by atoms with Crippen LogP contribution in [0.4, 0.5) is 0 Å². The molecule has 1 aromatic carbocycles. The number of rotatable bonds is 3. The molecule has 0 aliphatic carbocycles. The van der Waals surface area contributed by atoms with Crippen molar-refractivity contribution in [3.8, 4) is 0 Å². The quantitative estimate of drug-likeness (QED) is 0.718. The molecule has 0 saturated carbocycles. The molecule has 1 atom stereocenters. The minimum absolute atomic E-state index is 0.0167. The lowest BCUT2D eigenvalue weighted by Gasteiger charge is -2.23. The summed E-state index contributed by atoms with van der Waals surface area (Å²) < 4.78 is 5.78. The van der Waals surface area contributed by atoms with E-state index in [0.717, 1.165) is 23.0 Å². The van der Waals surface area contributed by atoms with Crippen LogP contribution in [0.1, 0.15) is 21.7 Å². The van der Waals surface area contributed by atoms with Crippen molar-refractivity contribution in [1.29, 1.82) is 0 Å². The maximum Gasteiger partial charge on any atom is 0.272 e. The fraction of sp³-hybridized carbons (Fsp3) is 0.318. The second-order valence-electron chi connectivity index (χ2n) is 7.09. The fourth-order valence-corrected chi connectivity index (χ4v) is 3.60. The lowest BCUT2D eigenvalue weighted by atomic mass is 9.98. The summed E-state index contributed by atoms with van der Waals surface area (Å²) in [6, 6.07) is 16.0. The summed E-state index contributed by atoms with van der Waals surface area (Å²) in [4.78, 5) is 23.5. The Labute approximate surface area is 159 Å². The van der Waals surface area contributed by atoms with E-state index >= 15 is 0 Å². The first-order valence-corrected chi connectivity index (χ1v) is 9.33. The SMILES string of the molecule is Cc1cccc(C(=O)N2CCOC[C@H](Cc3ccc4ncccc4c3)C2)n1. The zero-order valence-electron chi connectivity index (χ0n) is 15.5. The Balaban J connectivity index is 1.50. The number of pyridine rings is 2. The van der Waals surface area contributed by atoms with Crippen molar-refractivity contribution in [2.45, 2.75) is 13.3 Å². The molecule has 0 spiro atoms. The van der Waals surface area contributed by atoms with Crippen molar-refractivity contribution in [3.63, 3.8) is 0 Å². The Kier molecular flexibility index (Phi) is 5.12. The van der Waals surface area contributed by atoms with E-state index < -0.39 is 0 Å². The van der Waals surface area contributed by atoms with Crippen molar-refractivity contribution in [2.75, 3.05) is 26.3 Å². The van der Waals surface area contributed by atoms with Crippen LogP contribution in [-0.2, 0) is 11.2 Å². The Bertz CT molecular complexity index is 957. The number of aryl methyl sites for hydroxylation is 1. The van der Waals surface area contributed by atoms with Gasteiger partial charge in [-0.1, -0.05) is 18.2 Å². The van der Waals surface area contributed by atoms with Gasteiger partial charge in [-0.25, -0.2) is 4.98 Å². The molecule has 3 aromatic rings. The van der Waals surface area contributed by atoms with Crippen LogP contribution >= 0.6 is 0 Å². The molecule has 1 saturated heterocycles. The van der Waals surface area contributed by atoms with Gasteiger partial charge in [-0.15, -0.1) is 0 Å². The molecule has 3 heterocycles. The standard InChI is InChI=1S/C22H23N3O2/c1-16-4-2-6-21(24-16)22(26)25-10-11-27-15-18(14-25)12-17-7-8-20-19(13-17)5-3-9-23-20/h2-9,13,18H,10-12,14-15H2,1H3/t18-/m1/s1. The number of hydrogen-bond acceptors (Lipinski definition) is 4. The van der Waals surface area contributed by atoms with Crippen molar-refractivity contribution in [1.82, 2.24) is 14.9 Å². The molecule has 138 valence electrons. The molecule has 0 N–H and O–H groups in total. The van der Waals surface area contributed by atoms with E-state index in [1.54, 1.807) is 6.07 Å². The van der Waals surface area contributed by atoms with Crippen LogP contribution in [0.3, 0.4) is 0 Å². The van der Waals surface area contributed by atoms with Gasteiger partial charge in [0, 0.05) is 36.3 Å². The second-order valence-corrected chi connectivity index (χ2v) is 7.09. The van der Waals surface area contributed by atoms with Gasteiger partial charge < -0.3 is 9.64 Å². The molecule has 0 bridgehead atoms. The van der Waals surface area contributed by atoms with E-state index in [1.165, 1.54) is 5.56 Å². The van der Waals surface area contributed by atoms with Crippen LogP contribution in [0.15, 0.2) is 54.7 Å². The molecule has 5 nitrogen and oxygen atoms in total. The summed E-state index contributed by atoms with van der Waals surface area (Å²) in [7, 11) is 0. The van der Waals surface area contributed by atoms with Crippen molar-refractivity contribution in [2.24, 2.45) is 5.92 Å². The molecule has 1 amide bonds. The molecule has 1 aliphatic rings. The van der Waals surface area contributed by atoms with Gasteiger partial charge in [-0.2, -0.15) is 0 Å². The first-order chi connectivity index (χ1) is 13.2. The van der Waals surface area contributed by atoms with E-state index in [1.807, 2.05) is 36.2 Å². The summed E-state index contributed by atoms with van der Waals surface area (Å²) in [6.45, 7) is 4.41. The fourth-order valence-electron chi connectivity index (χ4n) is 3.60. The van der Waals surface area contributed by atoms with Gasteiger partial charge in [0.2, 0.25) is 0 Å².